The molecule has 0 saturated carbocycles. The van der Waals surface area contributed by atoms with E-state index in [2.05, 4.69) is 10.5 Å². The molecule has 0 radical (unpaired) electrons. The summed E-state index contributed by atoms with van der Waals surface area (Å²) < 4.78 is 5.09. The molecule has 0 aromatic heterocycles. The zero-order valence-corrected chi connectivity index (χ0v) is 13.7. The Kier molecular flexibility index (Phi) is 5.86. The van der Waals surface area contributed by atoms with Gasteiger partial charge in [-0.15, -0.1) is 0 Å². The van der Waals surface area contributed by atoms with Crippen LogP contribution in [-0.2, 0) is 4.79 Å². The number of Topliss-reactive ketones (excluding diaryl/α,β-unsaturated/α-hetero) is 1. The monoisotopic (exact) mass is 334 g/mol. The number of hydrogen-bond acceptors (Lipinski definition) is 5. The number of hydrazone groups is 1. The molecule has 0 atom stereocenters. The van der Waals surface area contributed by atoms with Gasteiger partial charge in [0, 0.05) is 16.8 Å². The van der Waals surface area contributed by atoms with Crippen molar-refractivity contribution in [2.24, 2.45) is 5.10 Å². The van der Waals surface area contributed by atoms with E-state index in [1.54, 1.807) is 19.2 Å². The summed E-state index contributed by atoms with van der Waals surface area (Å²) in [4.78, 5) is 12.6. The summed E-state index contributed by atoms with van der Waals surface area (Å²) in [5.41, 5.74) is 3.65. The predicted octanol–water partition coefficient (Wildman–Crippen LogP) is 4.46. The average Bonchev–Trinajstić information content (AvgIpc) is 2.53. The average molecular weight is 335 g/mol. The van der Waals surface area contributed by atoms with Crippen LogP contribution >= 0.6 is 23.4 Å². The number of ketones is 1. The van der Waals surface area contributed by atoms with Gasteiger partial charge in [-0.2, -0.15) is 5.10 Å². The Morgan fingerprint density at radius 1 is 1.14 bits per heavy atom. The Balaban J connectivity index is 2.09. The normalized spacial score (nSPS) is 11.1. The zero-order chi connectivity index (χ0) is 15.9. The second-order valence-corrected chi connectivity index (χ2v) is 5.87. The Labute approximate surface area is 138 Å². The molecule has 0 heterocycles. The Morgan fingerprint density at radius 3 is 2.32 bits per heavy atom. The maximum absolute atomic E-state index is 11.7. The number of nitrogens with zero attached hydrogens (tertiary/aromatic N) is 1. The minimum Gasteiger partial charge on any atom is -0.497 e. The van der Waals surface area contributed by atoms with Crippen LogP contribution in [0.25, 0.3) is 0 Å². The van der Waals surface area contributed by atoms with Gasteiger partial charge >= 0.3 is 0 Å². The molecule has 0 aliphatic rings. The van der Waals surface area contributed by atoms with Crippen LogP contribution in [0.1, 0.15) is 6.92 Å². The molecule has 4 nitrogen and oxygen atoms in total. The molecule has 1 N–H and O–H groups in total. The molecule has 0 unspecified atom stereocenters. The summed E-state index contributed by atoms with van der Waals surface area (Å²) in [7, 11) is 1.61. The summed E-state index contributed by atoms with van der Waals surface area (Å²) in [5, 5.41) is 5.20. The number of nitrogens with one attached hydrogen (secondary N) is 1. The highest BCUT2D eigenvalue weighted by Gasteiger charge is 2.09. The van der Waals surface area contributed by atoms with Crippen molar-refractivity contribution < 1.29 is 9.53 Å². The number of hydrogen-bond donors (Lipinski definition) is 1. The summed E-state index contributed by atoms with van der Waals surface area (Å²) in [6.07, 6.45) is 0. The van der Waals surface area contributed by atoms with Gasteiger partial charge in [0.25, 0.3) is 0 Å². The third kappa shape index (κ3) is 4.79. The quantitative estimate of drug-likeness (QED) is 0.380. The summed E-state index contributed by atoms with van der Waals surface area (Å²) in [6.45, 7) is 1.48. The van der Waals surface area contributed by atoms with Gasteiger partial charge in [0.2, 0.25) is 0 Å². The van der Waals surface area contributed by atoms with E-state index < -0.39 is 0 Å². The van der Waals surface area contributed by atoms with Gasteiger partial charge in [0.1, 0.15) is 5.75 Å². The van der Waals surface area contributed by atoms with Crippen molar-refractivity contribution >= 4 is 39.9 Å². The van der Waals surface area contributed by atoms with Crippen molar-refractivity contribution in [2.75, 3.05) is 12.5 Å². The molecule has 2 aromatic carbocycles. The molecule has 6 heteroatoms. The van der Waals surface area contributed by atoms with Crippen LogP contribution in [0.5, 0.6) is 5.75 Å². The fourth-order valence-corrected chi connectivity index (χ4v) is 2.42. The van der Waals surface area contributed by atoms with E-state index in [9.17, 15) is 4.79 Å². The maximum atomic E-state index is 11.7. The van der Waals surface area contributed by atoms with E-state index in [1.807, 2.05) is 36.4 Å². The fourth-order valence-electron chi connectivity index (χ4n) is 1.57. The van der Waals surface area contributed by atoms with Crippen LogP contribution < -0.4 is 10.2 Å². The van der Waals surface area contributed by atoms with Gasteiger partial charge in [0.05, 0.1) is 12.8 Å². The van der Waals surface area contributed by atoms with Crippen molar-refractivity contribution in [1.29, 1.82) is 0 Å². The maximum Gasteiger partial charge on any atom is 0.186 e. The van der Waals surface area contributed by atoms with Crippen LogP contribution in [0, 0.1) is 0 Å². The standard InChI is InChI=1S/C16H15ClN2O2S/c1-11(20)16(22-15-9-3-12(17)4-10-15)19-18-13-5-7-14(21-2)8-6-13/h3-10,18H,1-2H3/b19-16+. The van der Waals surface area contributed by atoms with Gasteiger partial charge in [-0.3, -0.25) is 10.2 Å². The zero-order valence-electron chi connectivity index (χ0n) is 12.2. The predicted molar refractivity (Wildman–Crippen MR) is 92.0 cm³/mol. The molecule has 0 aliphatic carbocycles. The number of ether oxygens (including phenoxy) is 1. The fraction of sp³-hybridized carbons (Fsp3) is 0.125. The summed E-state index contributed by atoms with van der Waals surface area (Å²) in [5.74, 6) is 0.651. The van der Waals surface area contributed by atoms with Crippen LogP contribution in [0.3, 0.4) is 0 Å². The van der Waals surface area contributed by atoms with Gasteiger partial charge in [-0.25, -0.2) is 0 Å². The summed E-state index contributed by atoms with van der Waals surface area (Å²) in [6, 6.07) is 14.5. The SMILES string of the molecule is COc1ccc(N/N=C(/Sc2ccc(Cl)cc2)C(C)=O)cc1. The Bertz CT molecular complexity index is 670. The first-order chi connectivity index (χ1) is 10.6. The highest BCUT2D eigenvalue weighted by molar-refractivity contribution is 8.15. The molecule has 2 rings (SSSR count). The number of methoxy groups -OCH3 is 1. The van der Waals surface area contributed by atoms with Gasteiger partial charge in [-0.1, -0.05) is 23.4 Å². The van der Waals surface area contributed by atoms with E-state index in [1.165, 1.54) is 18.7 Å². The summed E-state index contributed by atoms with van der Waals surface area (Å²) >= 11 is 7.13. The first-order valence-corrected chi connectivity index (χ1v) is 7.70. The van der Waals surface area contributed by atoms with E-state index in [-0.39, 0.29) is 5.78 Å². The van der Waals surface area contributed by atoms with Crippen LogP contribution in [-0.4, -0.2) is 17.9 Å². The number of rotatable bonds is 5. The van der Waals surface area contributed by atoms with Crippen molar-refractivity contribution in [3.63, 3.8) is 0 Å². The molecule has 0 fully saturated rings. The number of carbonyl (C=O) groups is 1. The smallest absolute Gasteiger partial charge is 0.186 e. The minimum absolute atomic E-state index is 0.110. The first-order valence-electron chi connectivity index (χ1n) is 6.50. The molecular formula is C16H15ClN2O2S. The van der Waals surface area contributed by atoms with Gasteiger partial charge < -0.3 is 4.74 Å². The molecule has 0 saturated heterocycles. The molecule has 0 spiro atoms. The Hall–Kier alpha value is -1.98. The molecule has 2 aromatic rings. The highest BCUT2D eigenvalue weighted by Crippen LogP contribution is 2.23. The van der Waals surface area contributed by atoms with E-state index >= 15 is 0 Å². The number of anilines is 1. The molecule has 114 valence electrons. The van der Waals surface area contributed by atoms with E-state index in [4.69, 9.17) is 16.3 Å². The van der Waals surface area contributed by atoms with Crippen molar-refractivity contribution in [3.05, 3.63) is 53.6 Å². The molecular weight excluding hydrogens is 320 g/mol. The van der Waals surface area contributed by atoms with Crippen molar-refractivity contribution in [3.8, 4) is 5.75 Å². The van der Waals surface area contributed by atoms with Crippen LogP contribution in [0.4, 0.5) is 5.69 Å². The van der Waals surface area contributed by atoms with Crippen LogP contribution in [0.15, 0.2) is 58.5 Å². The lowest BCUT2D eigenvalue weighted by Crippen LogP contribution is -2.08. The Morgan fingerprint density at radius 2 is 1.77 bits per heavy atom. The van der Waals surface area contributed by atoms with E-state index in [0.717, 1.165) is 16.3 Å². The van der Waals surface area contributed by atoms with E-state index in [0.29, 0.717) is 10.1 Å². The third-order valence-electron chi connectivity index (χ3n) is 2.71. The van der Waals surface area contributed by atoms with Crippen molar-refractivity contribution in [2.45, 2.75) is 11.8 Å². The topological polar surface area (TPSA) is 50.7 Å². The lowest BCUT2D eigenvalue weighted by molar-refractivity contribution is -0.110. The lowest BCUT2D eigenvalue weighted by atomic mass is 10.3. The number of carbonyl (C=O) groups excluding carboxylic acids is 1. The number of halogens is 1. The molecule has 0 aliphatic heterocycles. The van der Waals surface area contributed by atoms with Crippen LogP contribution in [0.2, 0.25) is 5.02 Å². The van der Waals surface area contributed by atoms with Gasteiger partial charge in [-0.05, 0) is 48.5 Å². The number of thioether (sulfide) groups is 1. The second kappa shape index (κ2) is 7.87. The molecule has 22 heavy (non-hydrogen) atoms. The third-order valence-corrected chi connectivity index (χ3v) is 4.04. The largest absolute Gasteiger partial charge is 0.497 e. The molecule has 0 bridgehead atoms. The first kappa shape index (κ1) is 16.4. The van der Waals surface area contributed by atoms with Gasteiger partial charge in [0.15, 0.2) is 10.8 Å². The van der Waals surface area contributed by atoms with Crippen molar-refractivity contribution in [1.82, 2.24) is 0 Å². The highest BCUT2D eigenvalue weighted by atomic mass is 35.5. The molecule has 0 amide bonds. The second-order valence-electron chi connectivity index (χ2n) is 4.37. The number of benzene rings is 2. The minimum atomic E-state index is -0.110. The lowest BCUT2D eigenvalue weighted by Gasteiger charge is -2.06.